The van der Waals surface area contributed by atoms with E-state index >= 15 is 0 Å². The van der Waals surface area contributed by atoms with E-state index in [4.69, 9.17) is 0 Å². The normalized spacial score (nSPS) is 13.5. The highest BCUT2D eigenvalue weighted by atomic mass is 79.9. The van der Waals surface area contributed by atoms with Crippen LogP contribution < -0.4 is 5.32 Å². The SMILES string of the molecule is CC(C)(C)C(CCBr)NC(=O)c1sccc1Br. The average Bonchev–Trinajstić information content (AvgIpc) is 2.62. The molecule has 1 amide bonds. The molecule has 1 rings (SSSR count). The van der Waals surface area contributed by atoms with Crippen LogP contribution in [0.2, 0.25) is 0 Å². The van der Waals surface area contributed by atoms with Crippen LogP contribution in [0.5, 0.6) is 0 Å². The highest BCUT2D eigenvalue weighted by Gasteiger charge is 2.26. The number of hydrogen-bond acceptors (Lipinski definition) is 2. The molecular formula is C12H17Br2NOS. The number of hydrogen-bond donors (Lipinski definition) is 1. The molecule has 1 N–H and O–H groups in total. The van der Waals surface area contributed by atoms with Crippen molar-refractivity contribution in [1.29, 1.82) is 0 Å². The van der Waals surface area contributed by atoms with Crippen molar-refractivity contribution in [2.45, 2.75) is 33.2 Å². The predicted molar refractivity (Wildman–Crippen MR) is 81.1 cm³/mol. The Labute approximate surface area is 123 Å². The molecule has 0 bridgehead atoms. The molecule has 0 aromatic carbocycles. The maximum atomic E-state index is 12.1. The quantitative estimate of drug-likeness (QED) is 0.766. The van der Waals surface area contributed by atoms with Gasteiger partial charge in [0.05, 0.1) is 0 Å². The molecule has 0 radical (unpaired) electrons. The van der Waals surface area contributed by atoms with Crippen molar-refractivity contribution >= 4 is 49.1 Å². The molecule has 96 valence electrons. The molecule has 0 saturated heterocycles. The number of carbonyl (C=O) groups excluding carboxylic acids is 1. The van der Waals surface area contributed by atoms with E-state index in [0.717, 1.165) is 21.1 Å². The van der Waals surface area contributed by atoms with Gasteiger partial charge in [-0.15, -0.1) is 11.3 Å². The maximum absolute atomic E-state index is 12.1. The molecule has 2 nitrogen and oxygen atoms in total. The minimum absolute atomic E-state index is 0.00718. The predicted octanol–water partition coefficient (Wildman–Crippen LogP) is 4.44. The van der Waals surface area contributed by atoms with Crippen molar-refractivity contribution in [1.82, 2.24) is 5.32 Å². The molecule has 1 heterocycles. The van der Waals surface area contributed by atoms with Crippen molar-refractivity contribution in [3.63, 3.8) is 0 Å². The highest BCUT2D eigenvalue weighted by molar-refractivity contribution is 9.10. The Hall–Kier alpha value is 0.130. The van der Waals surface area contributed by atoms with Crippen molar-refractivity contribution in [2.75, 3.05) is 5.33 Å². The number of halogens is 2. The fourth-order valence-electron chi connectivity index (χ4n) is 1.51. The lowest BCUT2D eigenvalue weighted by molar-refractivity contribution is 0.0904. The van der Waals surface area contributed by atoms with Crippen molar-refractivity contribution in [2.24, 2.45) is 5.41 Å². The Morgan fingerprint density at radius 3 is 2.59 bits per heavy atom. The first-order chi connectivity index (χ1) is 7.86. The number of nitrogens with one attached hydrogen (secondary N) is 1. The Kier molecular flexibility index (Phi) is 5.67. The van der Waals surface area contributed by atoms with Gasteiger partial charge in [0, 0.05) is 15.8 Å². The maximum Gasteiger partial charge on any atom is 0.262 e. The largest absolute Gasteiger partial charge is 0.348 e. The van der Waals surface area contributed by atoms with Gasteiger partial charge in [0.2, 0.25) is 0 Å². The van der Waals surface area contributed by atoms with Gasteiger partial charge in [-0.3, -0.25) is 4.79 Å². The summed E-state index contributed by atoms with van der Waals surface area (Å²) in [4.78, 5) is 12.9. The lowest BCUT2D eigenvalue weighted by Crippen LogP contribution is -2.43. The molecule has 5 heteroatoms. The van der Waals surface area contributed by atoms with Crippen LogP contribution in [0.3, 0.4) is 0 Å². The second kappa shape index (κ2) is 6.34. The van der Waals surface area contributed by atoms with E-state index in [9.17, 15) is 4.79 Å². The summed E-state index contributed by atoms with van der Waals surface area (Å²) < 4.78 is 0.867. The van der Waals surface area contributed by atoms with E-state index in [1.807, 2.05) is 11.4 Å². The minimum atomic E-state index is 0.00718. The number of carbonyl (C=O) groups is 1. The zero-order chi connectivity index (χ0) is 13.1. The van der Waals surface area contributed by atoms with Gasteiger partial charge in [0.1, 0.15) is 4.88 Å². The number of rotatable bonds is 4. The standard InChI is InChI=1S/C12H17Br2NOS/c1-12(2,3)9(4-6-13)15-11(16)10-8(14)5-7-17-10/h5,7,9H,4,6H2,1-3H3,(H,15,16). The zero-order valence-corrected chi connectivity index (χ0v) is 14.2. The topological polar surface area (TPSA) is 29.1 Å². The second-order valence-electron chi connectivity index (χ2n) is 4.97. The molecule has 0 fully saturated rings. The third-order valence-electron chi connectivity index (χ3n) is 2.57. The molecule has 0 aliphatic heterocycles. The number of alkyl halides is 1. The van der Waals surface area contributed by atoms with Crippen molar-refractivity contribution in [3.05, 3.63) is 20.8 Å². The van der Waals surface area contributed by atoms with Gasteiger partial charge in [0.15, 0.2) is 0 Å². The summed E-state index contributed by atoms with van der Waals surface area (Å²) in [6, 6.07) is 2.07. The van der Waals surface area contributed by atoms with Gasteiger partial charge in [-0.2, -0.15) is 0 Å². The molecule has 0 aliphatic rings. The highest BCUT2D eigenvalue weighted by Crippen LogP contribution is 2.26. The van der Waals surface area contributed by atoms with Crippen LogP contribution >= 0.6 is 43.2 Å². The zero-order valence-electron chi connectivity index (χ0n) is 10.2. The molecule has 1 atom stereocenters. The first-order valence-corrected chi connectivity index (χ1v) is 8.25. The Bertz CT molecular complexity index is 384. The summed E-state index contributed by atoms with van der Waals surface area (Å²) in [6.45, 7) is 6.43. The first-order valence-electron chi connectivity index (χ1n) is 5.46. The minimum Gasteiger partial charge on any atom is -0.348 e. The van der Waals surface area contributed by atoms with E-state index in [-0.39, 0.29) is 17.4 Å². The molecule has 0 saturated carbocycles. The fraction of sp³-hybridized carbons (Fsp3) is 0.583. The molecule has 0 aliphatic carbocycles. The lowest BCUT2D eigenvalue weighted by atomic mass is 9.85. The summed E-state index contributed by atoms with van der Waals surface area (Å²) >= 11 is 8.28. The van der Waals surface area contributed by atoms with Gasteiger partial charge in [-0.25, -0.2) is 0 Å². The van der Waals surface area contributed by atoms with E-state index in [0.29, 0.717) is 0 Å². The summed E-state index contributed by atoms with van der Waals surface area (Å²) in [6.07, 6.45) is 0.929. The van der Waals surface area contributed by atoms with E-state index in [1.54, 1.807) is 0 Å². The van der Waals surface area contributed by atoms with Gasteiger partial charge >= 0.3 is 0 Å². The van der Waals surface area contributed by atoms with Gasteiger partial charge in [-0.05, 0) is 39.2 Å². The summed E-state index contributed by atoms with van der Waals surface area (Å²) in [5, 5.41) is 5.91. The summed E-state index contributed by atoms with van der Waals surface area (Å²) in [5.74, 6) is 0.00718. The van der Waals surface area contributed by atoms with Crippen LogP contribution in [-0.4, -0.2) is 17.3 Å². The van der Waals surface area contributed by atoms with Gasteiger partial charge in [-0.1, -0.05) is 36.7 Å². The van der Waals surface area contributed by atoms with E-state index in [1.165, 1.54) is 11.3 Å². The third kappa shape index (κ3) is 4.38. The fourth-order valence-corrected chi connectivity index (χ4v) is 3.42. The summed E-state index contributed by atoms with van der Waals surface area (Å²) in [7, 11) is 0. The van der Waals surface area contributed by atoms with Crippen molar-refractivity contribution < 1.29 is 4.79 Å². The van der Waals surface area contributed by atoms with Crippen LogP contribution in [0.25, 0.3) is 0 Å². The van der Waals surface area contributed by atoms with E-state index in [2.05, 4.69) is 57.9 Å². The molecule has 17 heavy (non-hydrogen) atoms. The molecule has 1 aromatic rings. The lowest BCUT2D eigenvalue weighted by Gasteiger charge is -2.31. The second-order valence-corrected chi connectivity index (χ2v) is 7.53. The Morgan fingerprint density at radius 2 is 2.18 bits per heavy atom. The smallest absolute Gasteiger partial charge is 0.262 e. The molecule has 1 unspecified atom stereocenters. The average molecular weight is 383 g/mol. The Balaban J connectivity index is 2.75. The monoisotopic (exact) mass is 381 g/mol. The number of amides is 1. The van der Waals surface area contributed by atoms with Crippen LogP contribution in [0.4, 0.5) is 0 Å². The van der Waals surface area contributed by atoms with E-state index < -0.39 is 0 Å². The van der Waals surface area contributed by atoms with Gasteiger partial charge in [0.25, 0.3) is 5.91 Å². The van der Waals surface area contributed by atoms with Crippen LogP contribution in [0.1, 0.15) is 36.9 Å². The van der Waals surface area contributed by atoms with Crippen LogP contribution in [-0.2, 0) is 0 Å². The first kappa shape index (κ1) is 15.2. The Morgan fingerprint density at radius 1 is 1.53 bits per heavy atom. The molecule has 0 spiro atoms. The molecule has 1 aromatic heterocycles. The van der Waals surface area contributed by atoms with Crippen LogP contribution in [0, 0.1) is 5.41 Å². The number of thiophene rings is 1. The van der Waals surface area contributed by atoms with Crippen LogP contribution in [0.15, 0.2) is 15.9 Å². The van der Waals surface area contributed by atoms with Gasteiger partial charge < -0.3 is 5.32 Å². The third-order valence-corrected chi connectivity index (χ3v) is 4.87. The van der Waals surface area contributed by atoms with Crippen molar-refractivity contribution in [3.8, 4) is 0 Å². The summed E-state index contributed by atoms with van der Waals surface area (Å²) in [5.41, 5.74) is 0.0627. The molecular weight excluding hydrogens is 366 g/mol.